The molecule has 1 fully saturated rings. The molecule has 2 N–H and O–H groups in total. The number of hydrogen-bond donors (Lipinski definition) is 2. The van der Waals surface area contributed by atoms with Crippen LogP contribution in [0.2, 0.25) is 0 Å². The number of benzene rings is 1. The number of amides is 1. The first-order chi connectivity index (χ1) is 12.5. The molecule has 0 aliphatic heterocycles. The van der Waals surface area contributed by atoms with Gasteiger partial charge in [-0.05, 0) is 36.5 Å². The fraction of sp³-hybridized carbons (Fsp3) is 0.333. The Hall–Kier alpha value is -2.74. The summed E-state index contributed by atoms with van der Waals surface area (Å²) < 4.78 is 5.44. The lowest BCUT2D eigenvalue weighted by Gasteiger charge is -2.23. The summed E-state index contributed by atoms with van der Waals surface area (Å²) in [6.07, 6.45) is 4.55. The van der Waals surface area contributed by atoms with Crippen molar-refractivity contribution in [2.75, 3.05) is 12.4 Å². The van der Waals surface area contributed by atoms with Crippen LogP contribution in [0.25, 0.3) is 10.2 Å². The zero-order valence-electron chi connectivity index (χ0n) is 13.8. The molecule has 1 heterocycles. The van der Waals surface area contributed by atoms with E-state index in [0.717, 1.165) is 4.70 Å². The van der Waals surface area contributed by atoms with Crippen LogP contribution in [0.1, 0.15) is 16.8 Å². The van der Waals surface area contributed by atoms with Gasteiger partial charge in [-0.3, -0.25) is 9.59 Å². The first-order valence-electron chi connectivity index (χ1n) is 8.19. The quantitative estimate of drug-likeness (QED) is 0.631. The molecule has 4 rings (SSSR count). The molecule has 2 bridgehead atoms. The lowest BCUT2D eigenvalue weighted by Crippen LogP contribution is -2.36. The number of methoxy groups -OCH3 is 1. The maximum atomic E-state index is 12.7. The van der Waals surface area contributed by atoms with Crippen LogP contribution in [0.15, 0.2) is 30.4 Å². The molecule has 8 heteroatoms. The molecule has 26 heavy (non-hydrogen) atoms. The number of rotatable bonds is 4. The Balaban J connectivity index is 1.57. The topological polar surface area (TPSA) is 106 Å². The van der Waals surface area contributed by atoms with Crippen LogP contribution in [-0.2, 0) is 14.3 Å². The van der Waals surface area contributed by atoms with E-state index in [0.29, 0.717) is 22.6 Å². The van der Waals surface area contributed by atoms with E-state index in [2.05, 4.69) is 10.3 Å². The predicted octanol–water partition coefficient (Wildman–Crippen LogP) is 2.54. The molecule has 2 aromatic rings. The van der Waals surface area contributed by atoms with Crippen molar-refractivity contribution < 1.29 is 24.2 Å². The van der Waals surface area contributed by atoms with Crippen LogP contribution in [0.3, 0.4) is 0 Å². The monoisotopic (exact) mass is 372 g/mol. The number of carboxylic acids is 1. The number of thiazole rings is 1. The summed E-state index contributed by atoms with van der Waals surface area (Å²) in [7, 11) is 1.31. The second kappa shape index (κ2) is 6.21. The van der Waals surface area contributed by atoms with Crippen LogP contribution in [0.4, 0.5) is 5.13 Å². The Kier molecular flexibility index (Phi) is 3.99. The molecule has 2 aliphatic carbocycles. The van der Waals surface area contributed by atoms with E-state index in [9.17, 15) is 19.5 Å². The number of aromatic nitrogens is 1. The van der Waals surface area contributed by atoms with Crippen molar-refractivity contribution in [1.82, 2.24) is 4.98 Å². The average Bonchev–Trinajstić information content (AvgIpc) is 3.33. The predicted molar refractivity (Wildman–Crippen MR) is 94.9 cm³/mol. The Morgan fingerprint density at radius 1 is 1.23 bits per heavy atom. The van der Waals surface area contributed by atoms with Gasteiger partial charge < -0.3 is 15.2 Å². The SMILES string of the molecule is COC(=O)c1ccc2nc(NC(=O)C3C4C=CC(C4)C3C(=O)O)sc2c1. The molecule has 1 aromatic heterocycles. The molecule has 7 nitrogen and oxygen atoms in total. The second-order valence-corrected chi connectivity index (χ2v) is 7.55. The molecule has 2 aliphatic rings. The third-order valence-corrected chi connectivity index (χ3v) is 6.02. The number of carbonyl (C=O) groups is 3. The van der Waals surface area contributed by atoms with Crippen LogP contribution in [-0.4, -0.2) is 35.0 Å². The third kappa shape index (κ3) is 2.66. The number of carbonyl (C=O) groups excluding carboxylic acids is 2. The van der Waals surface area contributed by atoms with Gasteiger partial charge in [0.1, 0.15) is 0 Å². The number of ether oxygens (including phenoxy) is 1. The molecule has 0 radical (unpaired) electrons. The number of fused-ring (bicyclic) bond motifs is 3. The first kappa shape index (κ1) is 16.7. The van der Waals surface area contributed by atoms with E-state index >= 15 is 0 Å². The van der Waals surface area contributed by atoms with E-state index in [1.807, 2.05) is 12.2 Å². The van der Waals surface area contributed by atoms with Gasteiger partial charge in [0.05, 0.1) is 34.7 Å². The van der Waals surface area contributed by atoms with Gasteiger partial charge in [-0.25, -0.2) is 9.78 Å². The summed E-state index contributed by atoms with van der Waals surface area (Å²) in [6, 6.07) is 4.96. The number of carboxylic acid groups (broad SMARTS) is 1. The molecule has 1 amide bonds. The molecule has 0 spiro atoms. The minimum absolute atomic E-state index is 0.0404. The van der Waals surface area contributed by atoms with Crippen LogP contribution < -0.4 is 5.32 Å². The number of allylic oxidation sites excluding steroid dienone is 2. The minimum atomic E-state index is -0.936. The van der Waals surface area contributed by atoms with Gasteiger partial charge in [0, 0.05) is 0 Å². The van der Waals surface area contributed by atoms with E-state index in [1.165, 1.54) is 18.4 Å². The Labute approximate surface area is 152 Å². The summed E-state index contributed by atoms with van der Waals surface area (Å²) >= 11 is 1.24. The highest BCUT2D eigenvalue weighted by Crippen LogP contribution is 2.48. The van der Waals surface area contributed by atoms with Crippen molar-refractivity contribution in [2.24, 2.45) is 23.7 Å². The first-order valence-corrected chi connectivity index (χ1v) is 9.00. The summed E-state index contributed by atoms with van der Waals surface area (Å²) in [6.45, 7) is 0. The average molecular weight is 372 g/mol. The smallest absolute Gasteiger partial charge is 0.337 e. The van der Waals surface area contributed by atoms with E-state index in [1.54, 1.807) is 18.2 Å². The van der Waals surface area contributed by atoms with Crippen molar-refractivity contribution in [3.63, 3.8) is 0 Å². The molecule has 4 unspecified atom stereocenters. The van der Waals surface area contributed by atoms with Gasteiger partial charge in [0.25, 0.3) is 0 Å². The summed E-state index contributed by atoms with van der Waals surface area (Å²) in [5.41, 5.74) is 1.06. The Morgan fingerprint density at radius 2 is 1.96 bits per heavy atom. The maximum Gasteiger partial charge on any atom is 0.337 e. The van der Waals surface area contributed by atoms with E-state index < -0.39 is 23.8 Å². The standard InChI is InChI=1S/C18H16N2O5S/c1-25-17(24)10-4-5-11-12(7-10)26-18(19-11)20-15(21)13-8-2-3-9(6-8)14(13)16(22)23/h2-5,7-9,13-14H,6H2,1H3,(H,22,23)(H,19,20,21). The van der Waals surface area contributed by atoms with E-state index in [-0.39, 0.29) is 17.7 Å². The fourth-order valence-electron chi connectivity index (χ4n) is 3.93. The van der Waals surface area contributed by atoms with Crippen LogP contribution >= 0.6 is 11.3 Å². The molecular weight excluding hydrogens is 356 g/mol. The zero-order valence-corrected chi connectivity index (χ0v) is 14.7. The van der Waals surface area contributed by atoms with Crippen molar-refractivity contribution in [3.8, 4) is 0 Å². The number of nitrogens with zero attached hydrogens (tertiary/aromatic N) is 1. The number of esters is 1. The summed E-state index contributed by atoms with van der Waals surface area (Å²) in [5, 5.41) is 12.6. The van der Waals surface area contributed by atoms with E-state index in [4.69, 9.17) is 4.74 Å². The van der Waals surface area contributed by atoms with Crippen molar-refractivity contribution >= 4 is 44.5 Å². The number of aliphatic carboxylic acids is 1. The second-order valence-electron chi connectivity index (χ2n) is 6.52. The minimum Gasteiger partial charge on any atom is -0.481 e. The Morgan fingerprint density at radius 3 is 2.65 bits per heavy atom. The molecule has 0 saturated heterocycles. The van der Waals surface area contributed by atoms with Crippen molar-refractivity contribution in [1.29, 1.82) is 0 Å². The highest BCUT2D eigenvalue weighted by atomic mass is 32.1. The lowest BCUT2D eigenvalue weighted by atomic mass is 9.82. The number of nitrogens with one attached hydrogen (secondary N) is 1. The van der Waals surface area contributed by atoms with Gasteiger partial charge in [-0.2, -0.15) is 0 Å². The van der Waals surface area contributed by atoms with Crippen LogP contribution in [0, 0.1) is 23.7 Å². The lowest BCUT2D eigenvalue weighted by molar-refractivity contribution is -0.146. The maximum absolute atomic E-state index is 12.7. The largest absolute Gasteiger partial charge is 0.481 e. The molecule has 134 valence electrons. The number of hydrogen-bond acceptors (Lipinski definition) is 6. The third-order valence-electron chi connectivity index (χ3n) is 5.09. The summed E-state index contributed by atoms with van der Waals surface area (Å²) in [5.74, 6) is -3.09. The van der Waals surface area contributed by atoms with Gasteiger partial charge in [-0.1, -0.05) is 23.5 Å². The molecular formula is C18H16N2O5S. The van der Waals surface area contributed by atoms with Crippen LogP contribution in [0.5, 0.6) is 0 Å². The zero-order chi connectivity index (χ0) is 18.4. The Bertz CT molecular complexity index is 950. The fourth-order valence-corrected chi connectivity index (χ4v) is 4.84. The normalized spacial score (nSPS) is 26.2. The van der Waals surface area contributed by atoms with Gasteiger partial charge in [-0.15, -0.1) is 0 Å². The highest BCUT2D eigenvalue weighted by molar-refractivity contribution is 7.22. The highest BCUT2D eigenvalue weighted by Gasteiger charge is 2.51. The van der Waals surface area contributed by atoms with Crippen molar-refractivity contribution in [3.05, 3.63) is 35.9 Å². The van der Waals surface area contributed by atoms with Gasteiger partial charge >= 0.3 is 11.9 Å². The van der Waals surface area contributed by atoms with Gasteiger partial charge in [0.2, 0.25) is 5.91 Å². The van der Waals surface area contributed by atoms with Gasteiger partial charge in [0.15, 0.2) is 5.13 Å². The van der Waals surface area contributed by atoms with Crippen molar-refractivity contribution in [2.45, 2.75) is 6.42 Å². The molecule has 4 atom stereocenters. The molecule has 1 aromatic carbocycles. The molecule has 1 saturated carbocycles. The number of anilines is 1. The summed E-state index contributed by atoms with van der Waals surface area (Å²) in [4.78, 5) is 40.2.